The van der Waals surface area contributed by atoms with Gasteiger partial charge in [-0.05, 0) is 30.5 Å². The molecule has 0 amide bonds. The summed E-state index contributed by atoms with van der Waals surface area (Å²) in [5.41, 5.74) is 1.10. The summed E-state index contributed by atoms with van der Waals surface area (Å²) >= 11 is 0. The molecule has 2 N–H and O–H groups in total. The Bertz CT molecular complexity index is 620. The minimum Gasteiger partial charge on any atom is -0.385 e. The van der Waals surface area contributed by atoms with Crippen LogP contribution in [0.15, 0.2) is 23.1 Å². The van der Waals surface area contributed by atoms with E-state index in [1.54, 1.807) is 10.8 Å². The molecule has 0 fully saturated rings. The first-order valence-electron chi connectivity index (χ1n) is 6.25. The fourth-order valence-corrected chi connectivity index (χ4v) is 3.41. The third-order valence-corrected chi connectivity index (χ3v) is 4.64. The molecule has 1 aromatic rings. The maximum atomic E-state index is 12.8. The minimum absolute atomic E-state index is 0.155. The number of halogens is 4. The fourth-order valence-electron chi connectivity index (χ4n) is 2.08. The molecule has 0 saturated carbocycles. The predicted octanol–water partition coefficient (Wildman–Crippen LogP) is 2.22. The van der Waals surface area contributed by atoms with Crippen molar-refractivity contribution in [2.75, 3.05) is 18.4 Å². The topological polar surface area (TPSA) is 58.2 Å². The van der Waals surface area contributed by atoms with E-state index in [9.17, 15) is 26.0 Å². The SMILES string of the molecule is O=S(=O)(NCC(F)(F)C(F)F)c1cccc2c1CCCN2. The Hall–Kier alpha value is -1.35. The molecular formula is C12H14F4N2O2S. The first-order valence-corrected chi connectivity index (χ1v) is 7.74. The van der Waals surface area contributed by atoms with E-state index in [2.05, 4.69) is 5.32 Å². The number of sulfonamides is 1. The zero-order valence-electron chi connectivity index (χ0n) is 10.9. The highest BCUT2D eigenvalue weighted by molar-refractivity contribution is 7.89. The van der Waals surface area contributed by atoms with Gasteiger partial charge >= 0.3 is 12.3 Å². The first-order chi connectivity index (χ1) is 9.74. The molecule has 9 heteroatoms. The van der Waals surface area contributed by atoms with Crippen molar-refractivity contribution in [3.63, 3.8) is 0 Å². The number of hydrogen-bond donors (Lipinski definition) is 2. The van der Waals surface area contributed by atoms with E-state index in [1.807, 2.05) is 0 Å². The van der Waals surface area contributed by atoms with Crippen molar-refractivity contribution < 1.29 is 26.0 Å². The lowest BCUT2D eigenvalue weighted by molar-refractivity contribution is -0.122. The number of nitrogens with one attached hydrogen (secondary N) is 2. The Kier molecular flexibility index (Phi) is 4.43. The van der Waals surface area contributed by atoms with Gasteiger partial charge in [-0.3, -0.25) is 0 Å². The summed E-state index contributed by atoms with van der Waals surface area (Å²) in [6.07, 6.45) is -2.75. The van der Waals surface area contributed by atoms with Crippen LogP contribution < -0.4 is 10.0 Å². The molecule has 1 aromatic carbocycles. The third kappa shape index (κ3) is 3.46. The molecule has 1 aliphatic heterocycles. The zero-order chi connectivity index (χ0) is 15.7. The second-order valence-corrected chi connectivity index (χ2v) is 6.43. The van der Waals surface area contributed by atoms with Crippen molar-refractivity contribution in [1.29, 1.82) is 0 Å². The lowest BCUT2D eigenvalue weighted by Gasteiger charge is -2.22. The van der Waals surface area contributed by atoms with E-state index in [4.69, 9.17) is 0 Å². The van der Waals surface area contributed by atoms with Gasteiger partial charge in [0.15, 0.2) is 0 Å². The molecule has 0 saturated heterocycles. The van der Waals surface area contributed by atoms with E-state index in [0.717, 1.165) is 0 Å². The van der Waals surface area contributed by atoms with E-state index < -0.39 is 28.9 Å². The quantitative estimate of drug-likeness (QED) is 0.816. The van der Waals surface area contributed by atoms with Crippen molar-refractivity contribution >= 4 is 15.7 Å². The average molecular weight is 326 g/mol. The molecule has 21 heavy (non-hydrogen) atoms. The Balaban J connectivity index is 2.25. The second kappa shape index (κ2) is 5.80. The van der Waals surface area contributed by atoms with Gasteiger partial charge in [0.25, 0.3) is 0 Å². The maximum absolute atomic E-state index is 12.8. The molecule has 2 rings (SSSR count). The lowest BCUT2D eigenvalue weighted by atomic mass is 10.0. The van der Waals surface area contributed by atoms with Crippen LogP contribution in [-0.2, 0) is 16.4 Å². The molecule has 0 unspecified atom stereocenters. The van der Waals surface area contributed by atoms with Gasteiger partial charge in [0, 0.05) is 12.2 Å². The Labute approximate surface area is 119 Å². The highest BCUT2D eigenvalue weighted by atomic mass is 32.2. The van der Waals surface area contributed by atoms with E-state index in [1.165, 1.54) is 12.1 Å². The molecule has 0 aliphatic carbocycles. The van der Waals surface area contributed by atoms with Gasteiger partial charge < -0.3 is 5.32 Å². The first kappa shape index (κ1) is 16.0. The summed E-state index contributed by atoms with van der Waals surface area (Å²) < 4.78 is 75.5. The molecule has 0 spiro atoms. The summed E-state index contributed by atoms with van der Waals surface area (Å²) in [6, 6.07) is 4.42. The molecular weight excluding hydrogens is 312 g/mol. The van der Waals surface area contributed by atoms with Crippen molar-refractivity contribution in [2.24, 2.45) is 0 Å². The van der Waals surface area contributed by atoms with Gasteiger partial charge in [0.1, 0.15) is 0 Å². The second-order valence-electron chi connectivity index (χ2n) is 4.70. The Morgan fingerprint density at radius 3 is 2.71 bits per heavy atom. The molecule has 0 aromatic heterocycles. The van der Waals surface area contributed by atoms with E-state index >= 15 is 0 Å². The van der Waals surface area contributed by atoms with Crippen LogP contribution in [0.5, 0.6) is 0 Å². The summed E-state index contributed by atoms with van der Waals surface area (Å²) in [5, 5.41) is 3.01. The summed E-state index contributed by atoms with van der Waals surface area (Å²) in [6.45, 7) is -0.947. The third-order valence-electron chi connectivity index (χ3n) is 3.16. The van der Waals surface area contributed by atoms with Crippen LogP contribution in [-0.4, -0.2) is 33.9 Å². The van der Waals surface area contributed by atoms with E-state index in [0.29, 0.717) is 30.6 Å². The van der Waals surface area contributed by atoms with Crippen molar-refractivity contribution in [1.82, 2.24) is 4.72 Å². The summed E-state index contributed by atoms with van der Waals surface area (Å²) in [7, 11) is -4.27. The minimum atomic E-state index is -4.40. The standard InChI is InChI=1S/C12H14F4N2O2S/c13-11(14)12(15,16)7-18-21(19,20)10-5-1-4-9-8(10)3-2-6-17-9/h1,4-5,11,17-18H,2-3,6-7H2. The van der Waals surface area contributed by atoms with Crippen LogP contribution >= 0.6 is 0 Å². The Morgan fingerprint density at radius 2 is 2.05 bits per heavy atom. The largest absolute Gasteiger partial charge is 0.385 e. The fraction of sp³-hybridized carbons (Fsp3) is 0.500. The van der Waals surface area contributed by atoms with Crippen molar-refractivity contribution in [3.8, 4) is 0 Å². The van der Waals surface area contributed by atoms with Crippen LogP contribution in [0.25, 0.3) is 0 Å². The lowest BCUT2D eigenvalue weighted by Crippen LogP contribution is -2.41. The molecule has 0 atom stereocenters. The maximum Gasteiger partial charge on any atom is 0.320 e. The van der Waals surface area contributed by atoms with Crippen LogP contribution in [0.4, 0.5) is 23.2 Å². The Morgan fingerprint density at radius 1 is 1.33 bits per heavy atom. The van der Waals surface area contributed by atoms with E-state index in [-0.39, 0.29) is 4.90 Å². The van der Waals surface area contributed by atoms with Crippen molar-refractivity contribution in [2.45, 2.75) is 30.1 Å². The van der Waals surface area contributed by atoms with Gasteiger partial charge in [0.2, 0.25) is 10.0 Å². The summed E-state index contributed by atoms with van der Waals surface area (Å²) in [4.78, 5) is -0.155. The molecule has 0 radical (unpaired) electrons. The van der Waals surface area contributed by atoms with Gasteiger partial charge in [-0.1, -0.05) is 6.07 Å². The van der Waals surface area contributed by atoms with Crippen LogP contribution in [0.3, 0.4) is 0 Å². The zero-order valence-corrected chi connectivity index (χ0v) is 11.7. The number of alkyl halides is 4. The number of anilines is 1. The van der Waals surface area contributed by atoms with Gasteiger partial charge in [-0.2, -0.15) is 8.78 Å². The average Bonchev–Trinajstić information content (AvgIpc) is 2.44. The molecule has 1 heterocycles. The molecule has 0 bridgehead atoms. The van der Waals surface area contributed by atoms with Crippen molar-refractivity contribution in [3.05, 3.63) is 23.8 Å². The van der Waals surface area contributed by atoms with Gasteiger partial charge in [0.05, 0.1) is 11.4 Å². The van der Waals surface area contributed by atoms with Crippen LogP contribution in [0.1, 0.15) is 12.0 Å². The highest BCUT2D eigenvalue weighted by Gasteiger charge is 2.41. The van der Waals surface area contributed by atoms with Gasteiger partial charge in [-0.25, -0.2) is 21.9 Å². The highest BCUT2D eigenvalue weighted by Crippen LogP contribution is 2.29. The van der Waals surface area contributed by atoms with Gasteiger partial charge in [-0.15, -0.1) is 0 Å². The molecule has 1 aliphatic rings. The predicted molar refractivity (Wildman–Crippen MR) is 69.4 cm³/mol. The normalized spacial score (nSPS) is 15.7. The monoisotopic (exact) mass is 326 g/mol. The summed E-state index contributed by atoms with van der Waals surface area (Å²) in [5.74, 6) is -4.40. The smallest absolute Gasteiger partial charge is 0.320 e. The van der Waals surface area contributed by atoms with Crippen LogP contribution in [0, 0.1) is 0 Å². The number of benzene rings is 1. The molecule has 4 nitrogen and oxygen atoms in total. The van der Waals surface area contributed by atoms with Crippen LogP contribution in [0.2, 0.25) is 0 Å². The number of hydrogen-bond acceptors (Lipinski definition) is 3. The number of rotatable bonds is 5. The number of fused-ring (bicyclic) bond motifs is 1. The molecule has 118 valence electrons.